The summed E-state index contributed by atoms with van der Waals surface area (Å²) in [6.45, 7) is 4.92. The van der Waals surface area contributed by atoms with Gasteiger partial charge in [0.15, 0.2) is 0 Å². The maximum absolute atomic E-state index is 5.14. The van der Waals surface area contributed by atoms with Crippen molar-refractivity contribution in [1.29, 1.82) is 0 Å². The average Bonchev–Trinajstić information content (AvgIpc) is 2.40. The van der Waals surface area contributed by atoms with E-state index in [-0.39, 0.29) is 0 Å². The molecule has 0 amide bonds. The van der Waals surface area contributed by atoms with Crippen molar-refractivity contribution in [2.45, 2.75) is 13.8 Å². The van der Waals surface area contributed by atoms with Crippen molar-refractivity contribution in [3.05, 3.63) is 35.9 Å². The summed E-state index contributed by atoms with van der Waals surface area (Å²) in [4.78, 5) is 0. The van der Waals surface area contributed by atoms with E-state index in [2.05, 4.69) is 15.5 Å². The molecule has 0 aliphatic heterocycles. The van der Waals surface area contributed by atoms with Crippen LogP contribution in [0.1, 0.15) is 12.5 Å². The molecular weight excluding hydrogens is 226 g/mol. The first-order valence-electron chi connectivity index (χ1n) is 5.97. The van der Waals surface area contributed by atoms with Crippen LogP contribution in [-0.2, 0) is 0 Å². The van der Waals surface area contributed by atoms with E-state index < -0.39 is 0 Å². The number of hydrogen-bond acceptors (Lipinski definition) is 4. The molecule has 0 aliphatic carbocycles. The summed E-state index contributed by atoms with van der Waals surface area (Å²) < 4.78 is 5.14. The predicted molar refractivity (Wildman–Crippen MR) is 72.9 cm³/mol. The van der Waals surface area contributed by atoms with Gasteiger partial charge in [0.1, 0.15) is 11.6 Å². The average molecular weight is 243 g/mol. The number of aryl methyl sites for hydroxylation is 1. The zero-order chi connectivity index (χ0) is 13.0. The molecule has 0 atom stereocenters. The summed E-state index contributed by atoms with van der Waals surface area (Å²) in [5.41, 5.74) is 3.05. The minimum atomic E-state index is 0.812. The van der Waals surface area contributed by atoms with Crippen molar-refractivity contribution >= 4 is 5.82 Å². The van der Waals surface area contributed by atoms with Gasteiger partial charge < -0.3 is 10.1 Å². The zero-order valence-corrected chi connectivity index (χ0v) is 10.9. The maximum atomic E-state index is 5.14. The van der Waals surface area contributed by atoms with E-state index in [1.54, 1.807) is 7.11 Å². The van der Waals surface area contributed by atoms with Gasteiger partial charge in [-0.05, 0) is 49.7 Å². The highest BCUT2D eigenvalue weighted by Crippen LogP contribution is 2.23. The fraction of sp³-hybridized carbons (Fsp3) is 0.286. The van der Waals surface area contributed by atoms with E-state index in [9.17, 15) is 0 Å². The summed E-state index contributed by atoms with van der Waals surface area (Å²) in [7, 11) is 1.66. The Bertz CT molecular complexity index is 523. The van der Waals surface area contributed by atoms with E-state index in [4.69, 9.17) is 4.74 Å². The molecule has 0 spiro atoms. The maximum Gasteiger partial charge on any atom is 0.148 e. The molecule has 2 rings (SSSR count). The van der Waals surface area contributed by atoms with Crippen LogP contribution in [0.2, 0.25) is 0 Å². The molecule has 1 heterocycles. The molecule has 0 radical (unpaired) electrons. The highest BCUT2D eigenvalue weighted by molar-refractivity contribution is 5.64. The molecule has 0 aliphatic rings. The van der Waals surface area contributed by atoms with Gasteiger partial charge in [0.05, 0.1) is 12.8 Å². The van der Waals surface area contributed by atoms with Crippen LogP contribution in [0.4, 0.5) is 5.82 Å². The molecule has 0 unspecified atom stereocenters. The lowest BCUT2D eigenvalue weighted by Crippen LogP contribution is -2.02. The van der Waals surface area contributed by atoms with Gasteiger partial charge in [-0.3, -0.25) is 0 Å². The van der Waals surface area contributed by atoms with E-state index in [0.717, 1.165) is 34.9 Å². The topological polar surface area (TPSA) is 47.0 Å². The van der Waals surface area contributed by atoms with Crippen molar-refractivity contribution in [2.75, 3.05) is 19.0 Å². The Labute approximate surface area is 107 Å². The third-order valence-corrected chi connectivity index (χ3v) is 2.71. The quantitative estimate of drug-likeness (QED) is 0.897. The molecule has 1 aromatic heterocycles. The van der Waals surface area contributed by atoms with Crippen LogP contribution < -0.4 is 10.1 Å². The molecule has 4 heteroatoms. The number of hydrogen-bond donors (Lipinski definition) is 1. The first kappa shape index (κ1) is 12.4. The summed E-state index contributed by atoms with van der Waals surface area (Å²) in [6.07, 6.45) is 0. The summed E-state index contributed by atoms with van der Waals surface area (Å²) >= 11 is 0. The van der Waals surface area contributed by atoms with Gasteiger partial charge in [-0.1, -0.05) is 0 Å². The number of nitrogens with zero attached hydrogens (tertiary/aromatic N) is 2. The molecule has 2 aromatic rings. The second-order valence-electron chi connectivity index (χ2n) is 4.02. The molecule has 0 fully saturated rings. The van der Waals surface area contributed by atoms with Crippen LogP contribution in [0.5, 0.6) is 5.75 Å². The van der Waals surface area contributed by atoms with Crippen LogP contribution in [0.3, 0.4) is 0 Å². The van der Waals surface area contributed by atoms with Crippen LogP contribution in [0.15, 0.2) is 30.3 Å². The van der Waals surface area contributed by atoms with Gasteiger partial charge in [0.25, 0.3) is 0 Å². The lowest BCUT2D eigenvalue weighted by atomic mass is 10.1. The lowest BCUT2D eigenvalue weighted by Gasteiger charge is -2.08. The number of benzene rings is 1. The molecule has 94 valence electrons. The summed E-state index contributed by atoms with van der Waals surface area (Å²) in [6, 6.07) is 9.84. The molecule has 0 saturated heterocycles. The molecule has 0 saturated carbocycles. The standard InChI is InChI=1S/C14H17N3O/c1-4-15-13-9-10(2)14(17-16-13)11-5-7-12(18-3)8-6-11/h5-9H,4H2,1-3H3,(H,15,16). The van der Waals surface area contributed by atoms with Crippen molar-refractivity contribution in [2.24, 2.45) is 0 Å². The molecule has 1 N–H and O–H groups in total. The normalized spacial score (nSPS) is 10.2. The molecule has 1 aromatic carbocycles. The third-order valence-electron chi connectivity index (χ3n) is 2.71. The first-order valence-corrected chi connectivity index (χ1v) is 5.97. The van der Waals surface area contributed by atoms with Crippen LogP contribution in [0.25, 0.3) is 11.3 Å². The van der Waals surface area contributed by atoms with Gasteiger partial charge in [0, 0.05) is 12.1 Å². The van der Waals surface area contributed by atoms with E-state index in [0.29, 0.717) is 0 Å². The third kappa shape index (κ3) is 2.59. The minimum absolute atomic E-state index is 0.812. The first-order chi connectivity index (χ1) is 8.74. The van der Waals surface area contributed by atoms with Crippen molar-refractivity contribution in [3.63, 3.8) is 0 Å². The number of ether oxygens (including phenoxy) is 1. The minimum Gasteiger partial charge on any atom is -0.497 e. The van der Waals surface area contributed by atoms with Gasteiger partial charge in [-0.2, -0.15) is 0 Å². The largest absolute Gasteiger partial charge is 0.497 e. The fourth-order valence-electron chi connectivity index (χ4n) is 1.79. The monoisotopic (exact) mass is 243 g/mol. The second kappa shape index (κ2) is 5.49. The fourth-order valence-corrected chi connectivity index (χ4v) is 1.79. The van der Waals surface area contributed by atoms with Crippen molar-refractivity contribution in [3.8, 4) is 17.0 Å². The SMILES string of the molecule is CCNc1cc(C)c(-c2ccc(OC)cc2)nn1. The van der Waals surface area contributed by atoms with Crippen LogP contribution >= 0.6 is 0 Å². The Morgan fingerprint density at radius 2 is 1.89 bits per heavy atom. The second-order valence-corrected chi connectivity index (χ2v) is 4.02. The smallest absolute Gasteiger partial charge is 0.148 e. The number of anilines is 1. The number of nitrogens with one attached hydrogen (secondary N) is 1. The summed E-state index contributed by atoms with van der Waals surface area (Å²) in [5, 5.41) is 11.6. The Balaban J connectivity index is 2.32. The van der Waals surface area contributed by atoms with Gasteiger partial charge in [-0.15, -0.1) is 10.2 Å². The van der Waals surface area contributed by atoms with Gasteiger partial charge in [-0.25, -0.2) is 0 Å². The highest BCUT2D eigenvalue weighted by atomic mass is 16.5. The van der Waals surface area contributed by atoms with Gasteiger partial charge >= 0.3 is 0 Å². The summed E-state index contributed by atoms with van der Waals surface area (Å²) in [5.74, 6) is 1.65. The van der Waals surface area contributed by atoms with Crippen LogP contribution in [-0.4, -0.2) is 23.9 Å². The van der Waals surface area contributed by atoms with Gasteiger partial charge in [0.2, 0.25) is 0 Å². The Hall–Kier alpha value is -2.10. The number of rotatable bonds is 4. The Kier molecular flexibility index (Phi) is 3.77. The number of methoxy groups -OCH3 is 1. The number of aromatic nitrogens is 2. The lowest BCUT2D eigenvalue weighted by molar-refractivity contribution is 0.415. The van der Waals surface area contributed by atoms with Crippen LogP contribution in [0, 0.1) is 6.92 Å². The molecule has 4 nitrogen and oxygen atoms in total. The Morgan fingerprint density at radius 3 is 2.44 bits per heavy atom. The molecule has 18 heavy (non-hydrogen) atoms. The van der Waals surface area contributed by atoms with Crippen molar-refractivity contribution in [1.82, 2.24) is 10.2 Å². The predicted octanol–water partition coefficient (Wildman–Crippen LogP) is 2.89. The molecule has 0 bridgehead atoms. The zero-order valence-electron chi connectivity index (χ0n) is 10.9. The highest BCUT2D eigenvalue weighted by Gasteiger charge is 2.06. The molecular formula is C14H17N3O. The Morgan fingerprint density at radius 1 is 1.17 bits per heavy atom. The van der Waals surface area contributed by atoms with E-state index >= 15 is 0 Å². The van der Waals surface area contributed by atoms with E-state index in [1.165, 1.54) is 0 Å². The van der Waals surface area contributed by atoms with Crippen molar-refractivity contribution < 1.29 is 4.74 Å². The van der Waals surface area contributed by atoms with E-state index in [1.807, 2.05) is 44.2 Å².